The molecule has 1 unspecified atom stereocenters. The Morgan fingerprint density at radius 1 is 1.39 bits per heavy atom. The van der Waals surface area contributed by atoms with E-state index in [1.54, 1.807) is 6.92 Å². The third-order valence-corrected chi connectivity index (χ3v) is 3.34. The lowest BCUT2D eigenvalue weighted by Gasteiger charge is -2.13. The fourth-order valence-corrected chi connectivity index (χ4v) is 2.22. The van der Waals surface area contributed by atoms with Gasteiger partial charge in [-0.25, -0.2) is 4.79 Å². The van der Waals surface area contributed by atoms with Gasteiger partial charge in [-0.2, -0.15) is 0 Å². The lowest BCUT2D eigenvalue weighted by molar-refractivity contribution is -0.118. The van der Waals surface area contributed by atoms with Crippen molar-refractivity contribution in [1.82, 2.24) is 10.6 Å². The molecule has 1 saturated heterocycles. The molecule has 7 heteroatoms. The van der Waals surface area contributed by atoms with Crippen LogP contribution in [0.3, 0.4) is 0 Å². The van der Waals surface area contributed by atoms with Gasteiger partial charge in [0.2, 0.25) is 5.91 Å². The summed E-state index contributed by atoms with van der Waals surface area (Å²) >= 11 is 0. The summed E-state index contributed by atoms with van der Waals surface area (Å²) in [5, 5.41) is 7.68. The van der Waals surface area contributed by atoms with Gasteiger partial charge < -0.3 is 20.1 Å². The van der Waals surface area contributed by atoms with Crippen molar-refractivity contribution in [2.24, 2.45) is 0 Å². The highest BCUT2D eigenvalue weighted by molar-refractivity contribution is 5.96. The fraction of sp³-hybridized carbons (Fsp3) is 0.500. The van der Waals surface area contributed by atoms with Gasteiger partial charge >= 0.3 is 6.03 Å². The van der Waals surface area contributed by atoms with Crippen LogP contribution < -0.4 is 20.7 Å². The van der Waals surface area contributed by atoms with Gasteiger partial charge in [-0.1, -0.05) is 6.07 Å². The SMILES string of the molecule is CCNC(=O)NC(=O)CNc1cccc(OCC2CCCO2)c1. The third-order valence-electron chi connectivity index (χ3n) is 3.34. The van der Waals surface area contributed by atoms with Crippen LogP contribution in [-0.2, 0) is 9.53 Å². The molecule has 1 aliphatic rings. The van der Waals surface area contributed by atoms with Crippen molar-refractivity contribution in [3.63, 3.8) is 0 Å². The number of hydrogen-bond donors (Lipinski definition) is 3. The monoisotopic (exact) mass is 321 g/mol. The summed E-state index contributed by atoms with van der Waals surface area (Å²) in [4.78, 5) is 22.8. The standard InChI is InChI=1S/C16H23N3O4/c1-2-17-16(21)19-15(20)10-18-12-5-3-6-13(9-12)23-11-14-7-4-8-22-14/h3,5-6,9,14,18H,2,4,7-8,10-11H2,1H3,(H2,17,19,20,21). The molecular weight excluding hydrogens is 298 g/mol. The highest BCUT2D eigenvalue weighted by Gasteiger charge is 2.16. The van der Waals surface area contributed by atoms with Crippen LogP contribution in [0.15, 0.2) is 24.3 Å². The summed E-state index contributed by atoms with van der Waals surface area (Å²) in [5.41, 5.74) is 0.751. The molecule has 0 radical (unpaired) electrons. The van der Waals surface area contributed by atoms with Gasteiger partial charge in [0.15, 0.2) is 0 Å². The molecule has 1 heterocycles. The van der Waals surface area contributed by atoms with Crippen LogP contribution in [0.2, 0.25) is 0 Å². The number of urea groups is 1. The van der Waals surface area contributed by atoms with Crippen molar-refractivity contribution in [2.75, 3.05) is 31.6 Å². The minimum atomic E-state index is -0.493. The van der Waals surface area contributed by atoms with Crippen molar-refractivity contribution in [2.45, 2.75) is 25.9 Å². The van der Waals surface area contributed by atoms with E-state index in [2.05, 4.69) is 16.0 Å². The second-order valence-electron chi connectivity index (χ2n) is 5.24. The first-order valence-corrected chi connectivity index (χ1v) is 7.83. The molecule has 0 spiro atoms. The molecular formula is C16H23N3O4. The van der Waals surface area contributed by atoms with Crippen LogP contribution in [0.1, 0.15) is 19.8 Å². The Labute approximate surface area is 135 Å². The molecule has 3 N–H and O–H groups in total. The van der Waals surface area contributed by atoms with Gasteiger partial charge in [0.1, 0.15) is 12.4 Å². The van der Waals surface area contributed by atoms with Gasteiger partial charge in [0.25, 0.3) is 0 Å². The topological polar surface area (TPSA) is 88.7 Å². The Hall–Kier alpha value is -2.28. The molecule has 1 aromatic rings. The van der Waals surface area contributed by atoms with Crippen LogP contribution in [-0.4, -0.2) is 44.3 Å². The van der Waals surface area contributed by atoms with Crippen molar-refractivity contribution >= 4 is 17.6 Å². The zero-order valence-corrected chi connectivity index (χ0v) is 13.3. The molecule has 23 heavy (non-hydrogen) atoms. The lowest BCUT2D eigenvalue weighted by atomic mass is 10.2. The zero-order chi connectivity index (χ0) is 16.5. The maximum atomic E-state index is 11.6. The summed E-state index contributed by atoms with van der Waals surface area (Å²) in [7, 11) is 0. The number of carbonyl (C=O) groups is 2. The first kappa shape index (κ1) is 17.1. The highest BCUT2D eigenvalue weighted by atomic mass is 16.5. The molecule has 7 nitrogen and oxygen atoms in total. The quantitative estimate of drug-likeness (QED) is 0.708. The number of carbonyl (C=O) groups excluding carboxylic acids is 2. The maximum Gasteiger partial charge on any atom is 0.321 e. The van der Waals surface area contributed by atoms with Gasteiger partial charge in [-0.05, 0) is 31.9 Å². The first-order chi connectivity index (χ1) is 11.2. The summed E-state index contributed by atoms with van der Waals surface area (Å²) in [6.07, 6.45) is 2.27. The number of nitrogens with one attached hydrogen (secondary N) is 3. The third kappa shape index (κ3) is 6.15. The average Bonchev–Trinajstić information content (AvgIpc) is 3.05. The molecule has 0 saturated carbocycles. The zero-order valence-electron chi connectivity index (χ0n) is 13.3. The van der Waals surface area contributed by atoms with Gasteiger partial charge in [0.05, 0.1) is 12.6 Å². The molecule has 126 valence electrons. The van der Waals surface area contributed by atoms with Gasteiger partial charge in [-0.15, -0.1) is 0 Å². The number of rotatable bonds is 7. The van der Waals surface area contributed by atoms with E-state index in [1.807, 2.05) is 24.3 Å². The second kappa shape index (κ2) is 8.99. The Morgan fingerprint density at radius 2 is 2.26 bits per heavy atom. The predicted octanol–water partition coefficient (Wildman–Crippen LogP) is 1.50. The normalized spacial score (nSPS) is 16.7. The summed E-state index contributed by atoms with van der Waals surface area (Å²) < 4.78 is 11.2. The molecule has 3 amide bonds. The van der Waals surface area contributed by atoms with E-state index in [4.69, 9.17) is 9.47 Å². The molecule has 1 atom stereocenters. The van der Waals surface area contributed by atoms with Crippen LogP contribution in [0, 0.1) is 0 Å². The van der Waals surface area contributed by atoms with Crippen molar-refractivity contribution in [1.29, 1.82) is 0 Å². The average molecular weight is 321 g/mol. The number of ether oxygens (including phenoxy) is 2. The van der Waals surface area contributed by atoms with Crippen LogP contribution in [0.4, 0.5) is 10.5 Å². The minimum Gasteiger partial charge on any atom is -0.491 e. The lowest BCUT2D eigenvalue weighted by Crippen LogP contribution is -2.41. The van der Waals surface area contributed by atoms with E-state index in [1.165, 1.54) is 0 Å². The van der Waals surface area contributed by atoms with E-state index >= 15 is 0 Å². The van der Waals surface area contributed by atoms with E-state index in [9.17, 15) is 9.59 Å². The van der Waals surface area contributed by atoms with Crippen LogP contribution >= 0.6 is 0 Å². The van der Waals surface area contributed by atoms with E-state index in [0.29, 0.717) is 13.2 Å². The maximum absolute atomic E-state index is 11.6. The van der Waals surface area contributed by atoms with Crippen LogP contribution in [0.25, 0.3) is 0 Å². The fourth-order valence-electron chi connectivity index (χ4n) is 2.22. The van der Waals surface area contributed by atoms with Crippen molar-refractivity contribution in [3.8, 4) is 5.75 Å². The Balaban J connectivity index is 1.75. The first-order valence-electron chi connectivity index (χ1n) is 7.83. The number of benzene rings is 1. The van der Waals surface area contributed by atoms with Gasteiger partial charge in [-0.3, -0.25) is 10.1 Å². The summed E-state index contributed by atoms with van der Waals surface area (Å²) in [5.74, 6) is 0.316. The molecule has 0 aliphatic carbocycles. The largest absolute Gasteiger partial charge is 0.491 e. The highest BCUT2D eigenvalue weighted by Crippen LogP contribution is 2.19. The number of hydrogen-bond acceptors (Lipinski definition) is 5. The minimum absolute atomic E-state index is 0.00627. The smallest absolute Gasteiger partial charge is 0.321 e. The Bertz CT molecular complexity index is 530. The Morgan fingerprint density at radius 3 is 3.00 bits per heavy atom. The second-order valence-corrected chi connectivity index (χ2v) is 5.24. The number of amides is 3. The van der Waals surface area contributed by atoms with Gasteiger partial charge in [0, 0.05) is 24.9 Å². The molecule has 0 bridgehead atoms. The van der Waals surface area contributed by atoms with Crippen molar-refractivity contribution in [3.05, 3.63) is 24.3 Å². The predicted molar refractivity (Wildman–Crippen MR) is 86.6 cm³/mol. The molecule has 1 aliphatic heterocycles. The molecule has 2 rings (SSSR count). The van der Waals surface area contributed by atoms with Crippen molar-refractivity contribution < 1.29 is 19.1 Å². The Kier molecular flexibility index (Phi) is 6.68. The van der Waals surface area contributed by atoms with E-state index in [-0.39, 0.29) is 12.6 Å². The molecule has 1 fully saturated rings. The number of imide groups is 1. The summed E-state index contributed by atoms with van der Waals surface area (Å²) in [6.45, 7) is 3.59. The van der Waals surface area contributed by atoms with E-state index in [0.717, 1.165) is 30.9 Å². The summed E-state index contributed by atoms with van der Waals surface area (Å²) in [6, 6.07) is 6.85. The van der Waals surface area contributed by atoms with Crippen LogP contribution in [0.5, 0.6) is 5.75 Å². The van der Waals surface area contributed by atoms with E-state index < -0.39 is 11.9 Å². The number of anilines is 1. The molecule has 0 aromatic heterocycles. The molecule has 1 aromatic carbocycles.